The van der Waals surface area contributed by atoms with E-state index in [0.29, 0.717) is 11.4 Å². The van der Waals surface area contributed by atoms with E-state index in [4.69, 9.17) is 0 Å². The summed E-state index contributed by atoms with van der Waals surface area (Å²) in [5, 5.41) is 11.1. The van der Waals surface area contributed by atoms with Crippen molar-refractivity contribution < 1.29 is 22.6 Å². The normalized spacial score (nSPS) is 12.9. The summed E-state index contributed by atoms with van der Waals surface area (Å²) in [6, 6.07) is 24.6. The first-order valence-electron chi connectivity index (χ1n) is 10.5. The molecule has 0 saturated carbocycles. The molecular weight excluding hydrogens is 466 g/mol. The van der Waals surface area contributed by atoms with Gasteiger partial charge in [-0.1, -0.05) is 60.7 Å². The minimum atomic E-state index is -4.86. The maximum absolute atomic E-state index is 13.6. The third kappa shape index (κ3) is 4.14. The van der Waals surface area contributed by atoms with Gasteiger partial charge in [-0.05, 0) is 30.3 Å². The molecule has 0 aromatic heterocycles. The number of anilines is 2. The van der Waals surface area contributed by atoms with E-state index in [1.54, 1.807) is 72.8 Å². The maximum Gasteiger partial charge on any atom is 0.296 e. The number of rotatable bonds is 5. The quantitative estimate of drug-likeness (QED) is 0.238. The van der Waals surface area contributed by atoms with Crippen LogP contribution < -0.4 is 5.32 Å². The predicted octanol–water partition coefficient (Wildman–Crippen LogP) is 5.87. The van der Waals surface area contributed by atoms with Gasteiger partial charge < -0.3 is 5.32 Å². The molecular formula is C26H17N3O5S. The minimum absolute atomic E-state index is 0.0466. The molecule has 5 rings (SSSR count). The van der Waals surface area contributed by atoms with Gasteiger partial charge in [-0.15, -0.1) is 5.11 Å². The highest BCUT2D eigenvalue weighted by Gasteiger charge is 2.37. The van der Waals surface area contributed by atoms with Crippen LogP contribution in [-0.2, 0) is 10.1 Å². The number of hydrogen-bond donors (Lipinski definition) is 2. The fourth-order valence-corrected chi connectivity index (χ4v) is 4.58. The Kier molecular flexibility index (Phi) is 5.56. The first-order valence-corrected chi connectivity index (χ1v) is 11.9. The van der Waals surface area contributed by atoms with Crippen LogP contribution >= 0.6 is 0 Å². The molecule has 35 heavy (non-hydrogen) atoms. The Bertz CT molecular complexity index is 1620. The second-order valence-electron chi connectivity index (χ2n) is 7.73. The Morgan fingerprint density at radius 1 is 0.686 bits per heavy atom. The summed E-state index contributed by atoms with van der Waals surface area (Å²) in [7, 11) is -4.86. The fraction of sp³-hybridized carbons (Fsp3) is 0. The summed E-state index contributed by atoms with van der Waals surface area (Å²) in [6.07, 6.45) is 0. The van der Waals surface area contributed by atoms with Crippen molar-refractivity contribution in [3.63, 3.8) is 0 Å². The largest absolute Gasteiger partial charge is 0.355 e. The lowest BCUT2D eigenvalue weighted by molar-refractivity contribution is 0.0980. The summed E-state index contributed by atoms with van der Waals surface area (Å²) in [4.78, 5) is 26.5. The van der Waals surface area contributed by atoms with E-state index in [1.807, 2.05) is 0 Å². The second-order valence-corrected chi connectivity index (χ2v) is 9.12. The van der Waals surface area contributed by atoms with Crippen molar-refractivity contribution in [2.75, 3.05) is 5.32 Å². The van der Waals surface area contributed by atoms with Crippen LogP contribution in [-0.4, -0.2) is 24.5 Å². The molecule has 9 heteroatoms. The van der Waals surface area contributed by atoms with Gasteiger partial charge in [0, 0.05) is 16.8 Å². The molecule has 2 N–H and O–H groups in total. The average molecular weight is 484 g/mol. The van der Waals surface area contributed by atoms with E-state index in [1.165, 1.54) is 12.1 Å². The van der Waals surface area contributed by atoms with Crippen LogP contribution in [0.2, 0.25) is 0 Å². The second kappa shape index (κ2) is 8.71. The minimum Gasteiger partial charge on any atom is -0.355 e. The highest BCUT2D eigenvalue weighted by Crippen LogP contribution is 2.43. The van der Waals surface area contributed by atoms with Crippen molar-refractivity contribution in [2.45, 2.75) is 4.90 Å². The van der Waals surface area contributed by atoms with Gasteiger partial charge in [0.15, 0.2) is 11.6 Å². The highest BCUT2D eigenvalue weighted by atomic mass is 32.2. The van der Waals surface area contributed by atoms with Crippen LogP contribution in [0.3, 0.4) is 0 Å². The Hall–Kier alpha value is -4.47. The van der Waals surface area contributed by atoms with Gasteiger partial charge in [0.25, 0.3) is 10.1 Å². The summed E-state index contributed by atoms with van der Waals surface area (Å²) in [5.74, 6) is -1.08. The topological polar surface area (TPSA) is 125 Å². The molecule has 1 aliphatic rings. The van der Waals surface area contributed by atoms with Gasteiger partial charge in [0.2, 0.25) is 0 Å². The van der Waals surface area contributed by atoms with Crippen molar-refractivity contribution in [3.05, 3.63) is 113 Å². The molecule has 4 aromatic rings. The number of azo groups is 1. The zero-order valence-corrected chi connectivity index (χ0v) is 18.9. The zero-order chi connectivity index (χ0) is 24.6. The molecule has 0 aliphatic heterocycles. The number of benzene rings is 4. The van der Waals surface area contributed by atoms with Crippen LogP contribution in [0.1, 0.15) is 31.8 Å². The lowest BCUT2D eigenvalue weighted by Gasteiger charge is -2.23. The van der Waals surface area contributed by atoms with E-state index in [9.17, 15) is 22.6 Å². The summed E-state index contributed by atoms with van der Waals surface area (Å²) in [6.45, 7) is 0. The van der Waals surface area contributed by atoms with Crippen molar-refractivity contribution in [1.29, 1.82) is 0 Å². The van der Waals surface area contributed by atoms with Crippen molar-refractivity contribution in [1.82, 2.24) is 0 Å². The van der Waals surface area contributed by atoms with Gasteiger partial charge in [-0.25, -0.2) is 0 Å². The van der Waals surface area contributed by atoms with Gasteiger partial charge in [-0.2, -0.15) is 13.5 Å². The number of hydrogen-bond acceptors (Lipinski definition) is 7. The zero-order valence-electron chi connectivity index (χ0n) is 18.0. The Balaban J connectivity index is 1.83. The van der Waals surface area contributed by atoms with Gasteiger partial charge in [0.05, 0.1) is 22.5 Å². The molecule has 0 unspecified atom stereocenters. The standard InChI is InChI=1S/C26H17N3O5S/c30-25-18-13-7-8-14-19(18)26(31)23-22(25)20(27-16-9-3-1-4-10-16)15-21(35(32,33)34)24(23)29-28-17-11-5-2-6-12-17/h1-15,27H,(H,32,33,34)/b29-28+. The molecule has 0 bridgehead atoms. The van der Waals surface area contributed by atoms with E-state index < -0.39 is 32.3 Å². The molecule has 0 heterocycles. The van der Waals surface area contributed by atoms with Crippen LogP contribution in [0.4, 0.5) is 22.7 Å². The lowest BCUT2D eigenvalue weighted by atomic mass is 9.82. The molecule has 0 amide bonds. The highest BCUT2D eigenvalue weighted by molar-refractivity contribution is 7.86. The molecule has 0 saturated heterocycles. The number of nitrogens with zero attached hydrogens (tertiary/aromatic N) is 2. The molecule has 172 valence electrons. The third-order valence-electron chi connectivity index (χ3n) is 5.49. The fourth-order valence-electron chi connectivity index (χ4n) is 3.93. The summed E-state index contributed by atoms with van der Waals surface area (Å²) < 4.78 is 34.9. The van der Waals surface area contributed by atoms with Crippen molar-refractivity contribution in [3.8, 4) is 0 Å². The van der Waals surface area contributed by atoms with Crippen molar-refractivity contribution in [2.24, 2.45) is 10.2 Å². The number of carbonyl (C=O) groups is 2. The van der Waals surface area contributed by atoms with Gasteiger partial charge in [-0.3, -0.25) is 14.1 Å². The number of carbonyl (C=O) groups excluding carboxylic acids is 2. The van der Waals surface area contributed by atoms with Crippen LogP contribution in [0.15, 0.2) is 106 Å². The summed E-state index contributed by atoms with van der Waals surface area (Å²) >= 11 is 0. The van der Waals surface area contributed by atoms with E-state index in [-0.39, 0.29) is 27.9 Å². The SMILES string of the molecule is O=C1c2ccccc2C(=O)c2c(/N=N/c3ccccc3)c(S(=O)(=O)O)cc(Nc3ccccc3)c21. The summed E-state index contributed by atoms with van der Waals surface area (Å²) in [5.41, 5.74) is 0.584. The molecule has 0 spiro atoms. The Labute approximate surface area is 200 Å². The molecule has 4 aromatic carbocycles. The smallest absolute Gasteiger partial charge is 0.296 e. The van der Waals surface area contributed by atoms with Gasteiger partial charge >= 0.3 is 0 Å². The Morgan fingerprint density at radius 3 is 1.83 bits per heavy atom. The molecule has 8 nitrogen and oxygen atoms in total. The van der Waals surface area contributed by atoms with E-state index >= 15 is 0 Å². The Morgan fingerprint density at radius 2 is 1.23 bits per heavy atom. The van der Waals surface area contributed by atoms with Gasteiger partial charge in [0.1, 0.15) is 10.6 Å². The van der Waals surface area contributed by atoms with Crippen LogP contribution in [0.5, 0.6) is 0 Å². The molecule has 0 radical (unpaired) electrons. The van der Waals surface area contributed by atoms with Crippen LogP contribution in [0.25, 0.3) is 0 Å². The van der Waals surface area contributed by atoms with Crippen molar-refractivity contribution >= 4 is 44.4 Å². The first kappa shape index (κ1) is 22.3. The van der Waals surface area contributed by atoms with Crippen LogP contribution in [0, 0.1) is 0 Å². The third-order valence-corrected chi connectivity index (χ3v) is 6.35. The van der Waals surface area contributed by atoms with E-state index in [0.717, 1.165) is 6.07 Å². The first-order chi connectivity index (χ1) is 16.8. The molecule has 1 aliphatic carbocycles. The number of para-hydroxylation sites is 1. The average Bonchev–Trinajstić information content (AvgIpc) is 2.86. The maximum atomic E-state index is 13.6. The molecule has 0 fully saturated rings. The number of fused-ring (bicyclic) bond motifs is 2. The number of ketones is 2. The lowest BCUT2D eigenvalue weighted by Crippen LogP contribution is -2.23. The molecule has 0 atom stereocenters. The predicted molar refractivity (Wildman–Crippen MR) is 130 cm³/mol. The monoisotopic (exact) mass is 483 g/mol. The van der Waals surface area contributed by atoms with E-state index in [2.05, 4.69) is 15.5 Å². The number of nitrogens with one attached hydrogen (secondary N) is 1.